The van der Waals surface area contributed by atoms with Gasteiger partial charge in [0.1, 0.15) is 6.10 Å². The number of nitrogens with one attached hydrogen (secondary N) is 2. The Hall–Kier alpha value is -2.70. The number of thiophene rings is 1. The Bertz CT molecular complexity index is 1190. The number of hydrogen-bond acceptors (Lipinski definition) is 8. The van der Waals surface area contributed by atoms with Gasteiger partial charge >= 0.3 is 6.09 Å². The molecule has 13 heteroatoms. The maximum Gasteiger partial charge on any atom is 0.413 e. The monoisotopic (exact) mass is 470 g/mol. The quantitative estimate of drug-likeness (QED) is 0.563. The molecule has 1 atom stereocenters. The fraction of sp³-hybridized carbons (Fsp3) is 0.294. The molecular weight excluding hydrogens is 452 g/mol. The van der Waals surface area contributed by atoms with Crippen molar-refractivity contribution in [2.45, 2.75) is 20.0 Å². The molecule has 0 spiro atoms. The van der Waals surface area contributed by atoms with E-state index >= 15 is 0 Å². The first-order valence-electron chi connectivity index (χ1n) is 8.61. The molecule has 160 valence electrons. The van der Waals surface area contributed by atoms with Crippen LogP contribution in [-0.2, 0) is 21.8 Å². The molecule has 0 aliphatic carbocycles. The third-order valence-electron chi connectivity index (χ3n) is 3.97. The van der Waals surface area contributed by atoms with E-state index < -0.39 is 22.2 Å². The van der Waals surface area contributed by atoms with Gasteiger partial charge in [0.15, 0.2) is 11.5 Å². The number of rotatable bonds is 6. The van der Waals surface area contributed by atoms with E-state index in [-0.39, 0.29) is 5.82 Å². The molecule has 3 aromatic rings. The second kappa shape index (κ2) is 8.58. The highest BCUT2D eigenvalue weighted by Gasteiger charge is 2.21. The molecule has 0 radical (unpaired) electrons. The van der Waals surface area contributed by atoms with Crippen LogP contribution in [0.15, 0.2) is 23.6 Å². The van der Waals surface area contributed by atoms with Crippen LogP contribution in [0, 0.1) is 6.92 Å². The summed E-state index contributed by atoms with van der Waals surface area (Å²) in [7, 11) is -1.83. The third kappa shape index (κ3) is 5.07. The number of ether oxygens (including phenoxy) is 1. The molecule has 2 N–H and O–H groups in total. The summed E-state index contributed by atoms with van der Waals surface area (Å²) < 4.78 is 32.1. The van der Waals surface area contributed by atoms with E-state index in [4.69, 9.17) is 16.3 Å². The Morgan fingerprint density at radius 3 is 2.67 bits per heavy atom. The van der Waals surface area contributed by atoms with Crippen molar-refractivity contribution in [2.24, 2.45) is 7.05 Å². The Labute approximate surface area is 182 Å². The van der Waals surface area contributed by atoms with E-state index in [0.29, 0.717) is 27.8 Å². The molecule has 0 aromatic carbocycles. The molecule has 10 nitrogen and oxygen atoms in total. The second-order valence-corrected chi connectivity index (χ2v) is 9.52. The van der Waals surface area contributed by atoms with Gasteiger partial charge in [0.2, 0.25) is 10.0 Å². The number of anilines is 2. The highest BCUT2D eigenvalue weighted by molar-refractivity contribution is 7.92. The largest absolute Gasteiger partial charge is 0.440 e. The molecular formula is C17H19ClN6O4S2. The number of hydrogen-bond donors (Lipinski definition) is 2. The number of sulfonamides is 1. The molecule has 0 saturated heterocycles. The van der Waals surface area contributed by atoms with Crippen LogP contribution in [-0.4, -0.2) is 40.7 Å². The minimum absolute atomic E-state index is 0.278. The van der Waals surface area contributed by atoms with Crippen molar-refractivity contribution in [1.29, 1.82) is 0 Å². The van der Waals surface area contributed by atoms with Crippen LogP contribution >= 0.6 is 22.9 Å². The lowest BCUT2D eigenvalue weighted by atomic mass is 10.2. The molecule has 0 unspecified atom stereocenters. The van der Waals surface area contributed by atoms with Gasteiger partial charge in [-0.15, -0.1) is 16.4 Å². The lowest BCUT2D eigenvalue weighted by Gasteiger charge is -2.14. The summed E-state index contributed by atoms with van der Waals surface area (Å²) in [6.07, 6.45) is -0.185. The summed E-state index contributed by atoms with van der Waals surface area (Å²) in [6.45, 7) is 3.37. The first kappa shape index (κ1) is 22.0. The van der Waals surface area contributed by atoms with Gasteiger partial charge in [0.05, 0.1) is 33.2 Å². The standard InChI is InChI=1S/C17H19ClN6O4S2/c1-9-12(22-30(4,26)27)5-6-13(19-9)14-16(24(3)23-21-14)20-17(25)28-10(2)15-11(18)7-8-29-15/h5-8,10,22H,1-4H3,(H,20,25)/t10-/m1/s1. The third-order valence-corrected chi connectivity index (χ3v) is 6.08. The van der Waals surface area contributed by atoms with Crippen LogP contribution in [0.1, 0.15) is 23.6 Å². The van der Waals surface area contributed by atoms with Crippen molar-refractivity contribution in [3.8, 4) is 11.4 Å². The van der Waals surface area contributed by atoms with Crippen LogP contribution in [0.4, 0.5) is 16.3 Å². The van der Waals surface area contributed by atoms with Gasteiger partial charge in [-0.3, -0.25) is 10.0 Å². The van der Waals surface area contributed by atoms with E-state index in [1.54, 1.807) is 39.1 Å². The van der Waals surface area contributed by atoms with E-state index in [9.17, 15) is 13.2 Å². The predicted molar refractivity (Wildman–Crippen MR) is 115 cm³/mol. The Morgan fingerprint density at radius 1 is 1.33 bits per heavy atom. The molecule has 0 bridgehead atoms. The van der Waals surface area contributed by atoms with Crippen molar-refractivity contribution in [1.82, 2.24) is 20.0 Å². The minimum Gasteiger partial charge on any atom is -0.440 e. The first-order chi connectivity index (χ1) is 14.0. The molecule has 0 saturated carbocycles. The molecule has 30 heavy (non-hydrogen) atoms. The lowest BCUT2D eigenvalue weighted by molar-refractivity contribution is 0.123. The summed E-state index contributed by atoms with van der Waals surface area (Å²) in [6, 6.07) is 4.88. The Balaban J connectivity index is 1.80. The number of aryl methyl sites for hydroxylation is 2. The summed E-state index contributed by atoms with van der Waals surface area (Å²) in [4.78, 5) is 17.5. The number of halogens is 1. The van der Waals surface area contributed by atoms with Crippen molar-refractivity contribution in [2.75, 3.05) is 16.3 Å². The average Bonchev–Trinajstić information content (AvgIpc) is 3.22. The van der Waals surface area contributed by atoms with Gasteiger partial charge in [0, 0.05) is 7.05 Å². The normalized spacial score (nSPS) is 12.4. The fourth-order valence-corrected chi connectivity index (χ4v) is 4.42. The van der Waals surface area contributed by atoms with Gasteiger partial charge in [-0.25, -0.2) is 22.9 Å². The van der Waals surface area contributed by atoms with E-state index in [1.807, 2.05) is 5.38 Å². The average molecular weight is 471 g/mol. The highest BCUT2D eigenvalue weighted by atomic mass is 35.5. The Morgan fingerprint density at radius 2 is 2.07 bits per heavy atom. The summed E-state index contributed by atoms with van der Waals surface area (Å²) in [5.74, 6) is 0.278. The van der Waals surface area contributed by atoms with Gasteiger partial charge < -0.3 is 4.74 Å². The second-order valence-electron chi connectivity index (χ2n) is 6.42. The topological polar surface area (TPSA) is 128 Å². The molecule has 0 aliphatic rings. The van der Waals surface area contributed by atoms with Crippen molar-refractivity contribution >= 4 is 50.6 Å². The number of nitrogens with zero attached hydrogens (tertiary/aromatic N) is 4. The highest BCUT2D eigenvalue weighted by Crippen LogP contribution is 2.31. The van der Waals surface area contributed by atoms with E-state index in [0.717, 1.165) is 11.1 Å². The minimum atomic E-state index is -3.43. The van der Waals surface area contributed by atoms with Crippen molar-refractivity contribution in [3.05, 3.63) is 39.2 Å². The fourth-order valence-electron chi connectivity index (χ4n) is 2.61. The van der Waals surface area contributed by atoms with Crippen LogP contribution in [0.3, 0.4) is 0 Å². The first-order valence-corrected chi connectivity index (χ1v) is 11.8. The van der Waals surface area contributed by atoms with Crippen LogP contribution in [0.5, 0.6) is 0 Å². The molecule has 3 rings (SSSR count). The van der Waals surface area contributed by atoms with Gasteiger partial charge in [-0.2, -0.15) is 0 Å². The van der Waals surface area contributed by atoms with Crippen molar-refractivity contribution < 1.29 is 17.9 Å². The van der Waals surface area contributed by atoms with E-state index in [2.05, 4.69) is 25.3 Å². The van der Waals surface area contributed by atoms with Crippen LogP contribution < -0.4 is 10.0 Å². The zero-order valence-corrected chi connectivity index (χ0v) is 18.9. The summed E-state index contributed by atoms with van der Waals surface area (Å²) in [5.41, 5.74) is 1.51. The Kier molecular flexibility index (Phi) is 6.29. The zero-order chi connectivity index (χ0) is 22.1. The van der Waals surface area contributed by atoms with Gasteiger partial charge in [-0.1, -0.05) is 16.8 Å². The molecule has 3 aromatic heterocycles. The number of carbonyl (C=O) groups excluding carboxylic acids is 1. The van der Waals surface area contributed by atoms with Gasteiger partial charge in [0.25, 0.3) is 0 Å². The molecule has 3 heterocycles. The number of carbonyl (C=O) groups is 1. The van der Waals surface area contributed by atoms with E-state index in [1.165, 1.54) is 16.0 Å². The molecule has 1 amide bonds. The molecule has 0 aliphatic heterocycles. The number of pyridine rings is 1. The van der Waals surface area contributed by atoms with Crippen LogP contribution in [0.2, 0.25) is 5.02 Å². The zero-order valence-electron chi connectivity index (χ0n) is 16.5. The number of amides is 1. The summed E-state index contributed by atoms with van der Waals surface area (Å²) in [5, 5.41) is 13.0. The molecule has 0 fully saturated rings. The predicted octanol–water partition coefficient (Wildman–Crippen LogP) is 3.58. The maximum absolute atomic E-state index is 12.4. The number of aromatic nitrogens is 4. The maximum atomic E-state index is 12.4. The van der Waals surface area contributed by atoms with Gasteiger partial charge in [-0.05, 0) is 37.4 Å². The lowest BCUT2D eigenvalue weighted by Crippen LogP contribution is -2.18. The smallest absolute Gasteiger partial charge is 0.413 e. The SMILES string of the molecule is Cc1nc(-c2nnn(C)c2NC(=O)O[C@H](C)c2sccc2Cl)ccc1NS(C)(=O)=O. The van der Waals surface area contributed by atoms with Crippen LogP contribution in [0.25, 0.3) is 11.4 Å². The van der Waals surface area contributed by atoms with Crippen molar-refractivity contribution in [3.63, 3.8) is 0 Å². The summed E-state index contributed by atoms with van der Waals surface area (Å²) >= 11 is 7.47.